The van der Waals surface area contributed by atoms with Crippen molar-refractivity contribution in [3.05, 3.63) is 101 Å². The van der Waals surface area contributed by atoms with Gasteiger partial charge in [0.25, 0.3) is 0 Å². The Hall–Kier alpha value is -3.04. The fraction of sp³-hybridized carbons (Fsp3) is 0.0455. The van der Waals surface area contributed by atoms with Crippen LogP contribution < -0.4 is 9.47 Å². The van der Waals surface area contributed by atoms with Crippen LogP contribution in [-0.4, -0.2) is 5.97 Å². The Morgan fingerprint density at radius 1 is 0.846 bits per heavy atom. The second-order valence-electron chi connectivity index (χ2n) is 5.55. The Kier molecular flexibility index (Phi) is 6.07. The van der Waals surface area contributed by atoms with Gasteiger partial charge in [-0.25, -0.2) is 4.79 Å². The number of halogens is 1. The van der Waals surface area contributed by atoms with Crippen molar-refractivity contribution in [2.45, 2.75) is 6.61 Å². The van der Waals surface area contributed by atoms with E-state index in [1.54, 1.807) is 30.3 Å². The topological polar surface area (TPSA) is 35.5 Å². The van der Waals surface area contributed by atoms with Gasteiger partial charge < -0.3 is 9.47 Å². The molecule has 0 atom stereocenters. The molecular formula is C22H17ClO3. The lowest BCUT2D eigenvalue weighted by Crippen LogP contribution is -2.03. The van der Waals surface area contributed by atoms with Crippen LogP contribution in [0.15, 0.2) is 84.9 Å². The Morgan fingerprint density at radius 3 is 2.19 bits per heavy atom. The summed E-state index contributed by atoms with van der Waals surface area (Å²) in [7, 11) is 0. The SMILES string of the molecule is O=C(/C=C/c1ccc(OCc2ccccc2)cc1)Oc1ccc(Cl)cc1. The number of hydrogen-bond donors (Lipinski definition) is 0. The highest BCUT2D eigenvalue weighted by Crippen LogP contribution is 2.17. The summed E-state index contributed by atoms with van der Waals surface area (Å²) in [6, 6.07) is 24.1. The van der Waals surface area contributed by atoms with Crippen molar-refractivity contribution in [3.63, 3.8) is 0 Å². The van der Waals surface area contributed by atoms with E-state index >= 15 is 0 Å². The van der Waals surface area contributed by atoms with E-state index in [1.807, 2.05) is 54.6 Å². The van der Waals surface area contributed by atoms with Crippen LogP contribution in [0.5, 0.6) is 11.5 Å². The molecule has 0 saturated heterocycles. The molecule has 0 aromatic heterocycles. The Labute approximate surface area is 157 Å². The van der Waals surface area contributed by atoms with Gasteiger partial charge in [-0.05, 0) is 53.6 Å². The molecule has 3 aromatic rings. The van der Waals surface area contributed by atoms with E-state index in [0.29, 0.717) is 17.4 Å². The van der Waals surface area contributed by atoms with Crippen LogP contribution >= 0.6 is 11.6 Å². The number of ether oxygens (including phenoxy) is 2. The van der Waals surface area contributed by atoms with E-state index in [4.69, 9.17) is 21.1 Å². The van der Waals surface area contributed by atoms with Gasteiger partial charge in [0.2, 0.25) is 0 Å². The molecule has 0 spiro atoms. The van der Waals surface area contributed by atoms with Crippen LogP contribution in [0, 0.1) is 0 Å². The van der Waals surface area contributed by atoms with Crippen LogP contribution in [0.4, 0.5) is 0 Å². The first-order chi connectivity index (χ1) is 12.7. The molecule has 0 amide bonds. The maximum Gasteiger partial charge on any atom is 0.336 e. The Morgan fingerprint density at radius 2 is 1.50 bits per heavy atom. The number of hydrogen-bond acceptors (Lipinski definition) is 3. The van der Waals surface area contributed by atoms with Crippen LogP contribution in [0.3, 0.4) is 0 Å². The van der Waals surface area contributed by atoms with Gasteiger partial charge in [0.1, 0.15) is 18.1 Å². The zero-order chi connectivity index (χ0) is 18.2. The molecule has 0 unspecified atom stereocenters. The van der Waals surface area contributed by atoms with Gasteiger partial charge in [0.15, 0.2) is 0 Å². The van der Waals surface area contributed by atoms with E-state index in [1.165, 1.54) is 6.08 Å². The Balaban J connectivity index is 1.52. The molecule has 0 aliphatic carbocycles. The van der Waals surface area contributed by atoms with Crippen molar-refractivity contribution in [2.75, 3.05) is 0 Å². The zero-order valence-electron chi connectivity index (χ0n) is 14.0. The predicted octanol–water partition coefficient (Wildman–Crippen LogP) is 5.54. The van der Waals surface area contributed by atoms with Crippen molar-refractivity contribution in [2.24, 2.45) is 0 Å². The number of esters is 1. The lowest BCUT2D eigenvalue weighted by Gasteiger charge is -2.06. The molecule has 3 nitrogen and oxygen atoms in total. The molecule has 0 fully saturated rings. The standard InChI is InChI=1S/C22H17ClO3/c23-19-9-13-21(14-10-19)26-22(24)15-8-17-6-11-20(12-7-17)25-16-18-4-2-1-3-5-18/h1-15H,16H2/b15-8+. The second-order valence-corrected chi connectivity index (χ2v) is 5.99. The molecule has 0 aliphatic rings. The molecule has 4 heteroatoms. The smallest absolute Gasteiger partial charge is 0.336 e. The molecule has 0 heterocycles. The second kappa shape index (κ2) is 8.88. The lowest BCUT2D eigenvalue weighted by atomic mass is 10.2. The van der Waals surface area contributed by atoms with E-state index < -0.39 is 5.97 Å². The quantitative estimate of drug-likeness (QED) is 0.327. The number of rotatable bonds is 6. The molecular weight excluding hydrogens is 348 g/mol. The summed E-state index contributed by atoms with van der Waals surface area (Å²) in [5, 5.41) is 0.593. The van der Waals surface area contributed by atoms with Gasteiger partial charge in [-0.1, -0.05) is 54.1 Å². The third-order valence-corrected chi connectivity index (χ3v) is 3.82. The summed E-state index contributed by atoms with van der Waals surface area (Å²) in [6.07, 6.45) is 3.08. The average molecular weight is 365 g/mol. The first kappa shape index (κ1) is 17.8. The minimum atomic E-state index is -0.447. The van der Waals surface area contributed by atoms with Crippen molar-refractivity contribution < 1.29 is 14.3 Å². The molecule has 0 radical (unpaired) electrons. The van der Waals surface area contributed by atoms with Crippen molar-refractivity contribution >= 4 is 23.6 Å². The summed E-state index contributed by atoms with van der Waals surface area (Å²) in [5.41, 5.74) is 1.99. The summed E-state index contributed by atoms with van der Waals surface area (Å²) in [4.78, 5) is 11.8. The monoisotopic (exact) mass is 364 g/mol. The molecule has 130 valence electrons. The molecule has 0 N–H and O–H groups in total. The highest BCUT2D eigenvalue weighted by molar-refractivity contribution is 6.30. The van der Waals surface area contributed by atoms with E-state index in [9.17, 15) is 4.79 Å². The molecule has 26 heavy (non-hydrogen) atoms. The van der Waals surface area contributed by atoms with Crippen LogP contribution in [0.2, 0.25) is 5.02 Å². The van der Waals surface area contributed by atoms with Crippen molar-refractivity contribution in [3.8, 4) is 11.5 Å². The summed E-state index contributed by atoms with van der Waals surface area (Å²) in [5.74, 6) is 0.778. The molecule has 3 rings (SSSR count). The largest absolute Gasteiger partial charge is 0.489 e. The summed E-state index contributed by atoms with van der Waals surface area (Å²) >= 11 is 5.79. The van der Waals surface area contributed by atoms with Crippen molar-refractivity contribution in [1.82, 2.24) is 0 Å². The lowest BCUT2D eigenvalue weighted by molar-refractivity contribution is -0.128. The maximum absolute atomic E-state index is 11.8. The van der Waals surface area contributed by atoms with Gasteiger partial charge in [0, 0.05) is 11.1 Å². The average Bonchev–Trinajstić information content (AvgIpc) is 2.68. The van der Waals surface area contributed by atoms with Gasteiger partial charge in [-0.3, -0.25) is 0 Å². The number of carbonyl (C=O) groups is 1. The van der Waals surface area contributed by atoms with Crippen LogP contribution in [-0.2, 0) is 11.4 Å². The van der Waals surface area contributed by atoms with Gasteiger partial charge >= 0.3 is 5.97 Å². The third-order valence-electron chi connectivity index (χ3n) is 3.57. The van der Waals surface area contributed by atoms with E-state index in [2.05, 4.69) is 0 Å². The number of carbonyl (C=O) groups excluding carboxylic acids is 1. The van der Waals surface area contributed by atoms with Crippen LogP contribution in [0.1, 0.15) is 11.1 Å². The van der Waals surface area contributed by atoms with E-state index in [-0.39, 0.29) is 0 Å². The van der Waals surface area contributed by atoms with Gasteiger partial charge in [-0.15, -0.1) is 0 Å². The van der Waals surface area contributed by atoms with Gasteiger partial charge in [-0.2, -0.15) is 0 Å². The normalized spacial score (nSPS) is 10.7. The Bertz CT molecular complexity index is 870. The molecule has 0 bridgehead atoms. The van der Waals surface area contributed by atoms with E-state index in [0.717, 1.165) is 16.9 Å². The van der Waals surface area contributed by atoms with Crippen LogP contribution in [0.25, 0.3) is 6.08 Å². The predicted molar refractivity (Wildman–Crippen MR) is 103 cm³/mol. The number of benzene rings is 3. The molecule has 0 saturated carbocycles. The highest BCUT2D eigenvalue weighted by atomic mass is 35.5. The van der Waals surface area contributed by atoms with Gasteiger partial charge in [0.05, 0.1) is 0 Å². The first-order valence-electron chi connectivity index (χ1n) is 8.11. The molecule has 3 aromatic carbocycles. The summed E-state index contributed by atoms with van der Waals surface area (Å²) in [6.45, 7) is 0.517. The first-order valence-corrected chi connectivity index (χ1v) is 8.49. The van der Waals surface area contributed by atoms with Crippen molar-refractivity contribution in [1.29, 1.82) is 0 Å². The summed E-state index contributed by atoms with van der Waals surface area (Å²) < 4.78 is 10.9. The third kappa shape index (κ3) is 5.50. The maximum atomic E-state index is 11.8. The minimum Gasteiger partial charge on any atom is -0.489 e. The minimum absolute atomic E-state index is 0.447. The fourth-order valence-corrected chi connectivity index (χ4v) is 2.36. The zero-order valence-corrected chi connectivity index (χ0v) is 14.7. The molecule has 0 aliphatic heterocycles. The highest BCUT2D eigenvalue weighted by Gasteiger charge is 2.01. The fourth-order valence-electron chi connectivity index (χ4n) is 2.23.